The molecule has 0 aliphatic heterocycles. The molecule has 32 heavy (non-hydrogen) atoms. The van der Waals surface area contributed by atoms with Crippen LogP contribution in [0.2, 0.25) is 0 Å². The van der Waals surface area contributed by atoms with Gasteiger partial charge in [0.2, 0.25) is 10.0 Å². The number of amides is 1. The normalized spacial score (nSPS) is 12.1. The van der Waals surface area contributed by atoms with Gasteiger partial charge in [-0.05, 0) is 61.4 Å². The van der Waals surface area contributed by atoms with E-state index in [0.29, 0.717) is 17.2 Å². The minimum atomic E-state index is -3.71. The third-order valence-corrected chi connectivity index (χ3v) is 6.32. The fourth-order valence-corrected chi connectivity index (χ4v) is 4.31. The number of carbonyl (C=O) groups is 1. The third-order valence-electron chi connectivity index (χ3n) is 4.76. The van der Waals surface area contributed by atoms with Crippen LogP contribution in [0.3, 0.4) is 0 Å². The quantitative estimate of drug-likeness (QED) is 0.509. The minimum Gasteiger partial charge on any atom is -0.495 e. The van der Waals surface area contributed by atoms with E-state index in [0.717, 1.165) is 11.1 Å². The van der Waals surface area contributed by atoms with E-state index in [2.05, 4.69) is 10.0 Å². The second kappa shape index (κ2) is 10.3. The molecule has 0 aliphatic carbocycles. The Labute approximate surface area is 188 Å². The van der Waals surface area contributed by atoms with E-state index in [1.807, 2.05) is 43.3 Å². The molecule has 1 atom stereocenters. The van der Waals surface area contributed by atoms with Crippen LogP contribution < -0.4 is 19.5 Å². The van der Waals surface area contributed by atoms with Crippen molar-refractivity contribution in [3.8, 4) is 11.5 Å². The Morgan fingerprint density at radius 2 is 1.69 bits per heavy atom. The number of benzene rings is 3. The Morgan fingerprint density at radius 1 is 1.00 bits per heavy atom. The SMILES string of the molecule is COc1ccc(C)cc1NC(=O)COc1ccc(S(=O)(=O)N[C@H](C)c2ccccc2)cc1. The van der Waals surface area contributed by atoms with Crippen molar-refractivity contribution in [2.75, 3.05) is 19.0 Å². The molecule has 3 rings (SSSR count). The van der Waals surface area contributed by atoms with Crippen LogP contribution in [0.4, 0.5) is 5.69 Å². The number of methoxy groups -OCH3 is 1. The molecule has 0 radical (unpaired) electrons. The van der Waals surface area contributed by atoms with Gasteiger partial charge >= 0.3 is 0 Å². The molecule has 0 spiro atoms. The summed E-state index contributed by atoms with van der Waals surface area (Å²) in [7, 11) is -2.18. The van der Waals surface area contributed by atoms with Crippen LogP contribution in [0.1, 0.15) is 24.1 Å². The Hall–Kier alpha value is -3.36. The first kappa shape index (κ1) is 23.3. The summed E-state index contributed by atoms with van der Waals surface area (Å²) in [5.74, 6) is 0.575. The molecular weight excluding hydrogens is 428 g/mol. The van der Waals surface area contributed by atoms with E-state index in [1.165, 1.54) is 31.4 Å². The number of anilines is 1. The summed E-state index contributed by atoms with van der Waals surface area (Å²) in [5, 5.41) is 2.75. The number of hydrogen-bond acceptors (Lipinski definition) is 5. The van der Waals surface area contributed by atoms with E-state index >= 15 is 0 Å². The maximum atomic E-state index is 12.7. The van der Waals surface area contributed by atoms with Gasteiger partial charge in [-0.25, -0.2) is 13.1 Å². The highest BCUT2D eigenvalue weighted by molar-refractivity contribution is 7.89. The molecule has 2 N–H and O–H groups in total. The molecule has 7 nitrogen and oxygen atoms in total. The number of ether oxygens (including phenoxy) is 2. The molecule has 3 aromatic carbocycles. The van der Waals surface area contributed by atoms with Gasteiger partial charge in [0.15, 0.2) is 6.61 Å². The summed E-state index contributed by atoms with van der Waals surface area (Å²) >= 11 is 0. The largest absolute Gasteiger partial charge is 0.495 e. The van der Waals surface area contributed by atoms with Gasteiger partial charge in [0.05, 0.1) is 17.7 Å². The number of sulfonamides is 1. The number of rotatable bonds is 9. The summed E-state index contributed by atoms with van der Waals surface area (Å²) in [6.07, 6.45) is 0. The smallest absolute Gasteiger partial charge is 0.262 e. The van der Waals surface area contributed by atoms with Crippen molar-refractivity contribution < 1.29 is 22.7 Å². The highest BCUT2D eigenvalue weighted by Crippen LogP contribution is 2.25. The summed E-state index contributed by atoms with van der Waals surface area (Å²) in [6, 6.07) is 20.3. The molecule has 0 heterocycles. The van der Waals surface area contributed by atoms with Gasteiger partial charge in [-0.3, -0.25) is 4.79 Å². The molecule has 0 fully saturated rings. The zero-order valence-corrected chi connectivity index (χ0v) is 19.0. The van der Waals surface area contributed by atoms with Crippen LogP contribution in [0.15, 0.2) is 77.7 Å². The van der Waals surface area contributed by atoms with Crippen LogP contribution in [0.5, 0.6) is 11.5 Å². The van der Waals surface area contributed by atoms with E-state index in [4.69, 9.17) is 9.47 Å². The van der Waals surface area contributed by atoms with Gasteiger partial charge in [-0.2, -0.15) is 0 Å². The van der Waals surface area contributed by atoms with Gasteiger partial charge in [0.25, 0.3) is 5.91 Å². The van der Waals surface area contributed by atoms with Gasteiger partial charge < -0.3 is 14.8 Å². The first-order chi connectivity index (χ1) is 15.3. The molecular formula is C24H26N2O5S. The van der Waals surface area contributed by atoms with E-state index in [-0.39, 0.29) is 23.5 Å². The second-order valence-electron chi connectivity index (χ2n) is 7.27. The lowest BCUT2D eigenvalue weighted by Gasteiger charge is -2.15. The van der Waals surface area contributed by atoms with Crippen LogP contribution in [0.25, 0.3) is 0 Å². The summed E-state index contributed by atoms with van der Waals surface area (Å²) in [6.45, 7) is 3.47. The molecule has 0 saturated heterocycles. The Kier molecular flexibility index (Phi) is 7.50. The molecule has 1 amide bonds. The number of hydrogen-bond donors (Lipinski definition) is 2. The van der Waals surface area contributed by atoms with E-state index in [9.17, 15) is 13.2 Å². The van der Waals surface area contributed by atoms with Crippen molar-refractivity contribution in [1.82, 2.24) is 4.72 Å². The standard InChI is InChI=1S/C24H26N2O5S/c1-17-9-14-23(30-3)22(15-17)25-24(27)16-31-20-10-12-21(13-11-20)32(28,29)26-18(2)19-7-5-4-6-8-19/h4-15,18,26H,16H2,1-3H3,(H,25,27)/t18-/m1/s1. The van der Waals surface area contributed by atoms with Gasteiger partial charge in [-0.1, -0.05) is 36.4 Å². The predicted octanol–water partition coefficient (Wildman–Crippen LogP) is 4.06. The molecule has 0 saturated carbocycles. The van der Waals surface area contributed by atoms with Crippen molar-refractivity contribution in [2.45, 2.75) is 24.8 Å². The van der Waals surface area contributed by atoms with Crippen LogP contribution in [-0.4, -0.2) is 28.0 Å². The van der Waals surface area contributed by atoms with Crippen molar-refractivity contribution >= 4 is 21.6 Å². The molecule has 0 bridgehead atoms. The minimum absolute atomic E-state index is 0.113. The van der Waals surface area contributed by atoms with Crippen LogP contribution in [-0.2, 0) is 14.8 Å². The fourth-order valence-electron chi connectivity index (χ4n) is 3.08. The van der Waals surface area contributed by atoms with Crippen molar-refractivity contribution in [2.24, 2.45) is 0 Å². The first-order valence-corrected chi connectivity index (χ1v) is 11.5. The van der Waals surface area contributed by atoms with Gasteiger partial charge in [0, 0.05) is 6.04 Å². The predicted molar refractivity (Wildman–Crippen MR) is 123 cm³/mol. The second-order valence-corrected chi connectivity index (χ2v) is 8.98. The summed E-state index contributed by atoms with van der Waals surface area (Å²) < 4.78 is 38.7. The van der Waals surface area contributed by atoms with E-state index < -0.39 is 10.0 Å². The molecule has 168 valence electrons. The van der Waals surface area contributed by atoms with Gasteiger partial charge in [-0.15, -0.1) is 0 Å². The molecule has 8 heteroatoms. The van der Waals surface area contributed by atoms with Crippen molar-refractivity contribution in [3.05, 3.63) is 83.9 Å². The van der Waals surface area contributed by atoms with Crippen molar-refractivity contribution in [3.63, 3.8) is 0 Å². The molecule has 0 aromatic heterocycles. The maximum absolute atomic E-state index is 12.7. The lowest BCUT2D eigenvalue weighted by molar-refractivity contribution is -0.118. The zero-order chi connectivity index (χ0) is 23.1. The lowest BCUT2D eigenvalue weighted by atomic mass is 10.1. The Bertz CT molecular complexity index is 1160. The van der Waals surface area contributed by atoms with Crippen molar-refractivity contribution in [1.29, 1.82) is 0 Å². The molecule has 0 aliphatic rings. The fraction of sp³-hybridized carbons (Fsp3) is 0.208. The monoisotopic (exact) mass is 454 g/mol. The first-order valence-electron chi connectivity index (χ1n) is 10.0. The third kappa shape index (κ3) is 6.09. The summed E-state index contributed by atoms with van der Waals surface area (Å²) in [4.78, 5) is 12.4. The highest BCUT2D eigenvalue weighted by atomic mass is 32.2. The maximum Gasteiger partial charge on any atom is 0.262 e. The summed E-state index contributed by atoms with van der Waals surface area (Å²) in [5.41, 5.74) is 2.41. The molecule has 3 aromatic rings. The van der Waals surface area contributed by atoms with Crippen LogP contribution in [0, 0.1) is 6.92 Å². The molecule has 0 unspecified atom stereocenters. The van der Waals surface area contributed by atoms with Crippen LogP contribution >= 0.6 is 0 Å². The lowest BCUT2D eigenvalue weighted by Crippen LogP contribution is -2.26. The van der Waals surface area contributed by atoms with Gasteiger partial charge in [0.1, 0.15) is 11.5 Å². The average molecular weight is 455 g/mol. The zero-order valence-electron chi connectivity index (χ0n) is 18.2. The number of carbonyl (C=O) groups excluding carboxylic acids is 1. The highest BCUT2D eigenvalue weighted by Gasteiger charge is 2.18. The Morgan fingerprint density at radius 3 is 2.34 bits per heavy atom. The number of aryl methyl sites for hydroxylation is 1. The van der Waals surface area contributed by atoms with E-state index in [1.54, 1.807) is 19.1 Å². The topological polar surface area (TPSA) is 93.7 Å². The average Bonchev–Trinajstić information content (AvgIpc) is 2.78. The number of nitrogens with one attached hydrogen (secondary N) is 2. The Balaban J connectivity index is 1.58.